The van der Waals surface area contributed by atoms with E-state index in [0.717, 1.165) is 12.8 Å². The van der Waals surface area contributed by atoms with Crippen LogP contribution in [0, 0.1) is 5.92 Å². The number of ether oxygens (including phenoxy) is 1. The molecule has 86 valence electrons. The van der Waals surface area contributed by atoms with E-state index in [0.29, 0.717) is 18.1 Å². The summed E-state index contributed by atoms with van der Waals surface area (Å²) in [5, 5.41) is 0. The molecular formula is C11H26N2O. The molecule has 0 amide bonds. The molecule has 0 aliphatic carbocycles. The van der Waals surface area contributed by atoms with Gasteiger partial charge in [-0.1, -0.05) is 20.3 Å². The summed E-state index contributed by atoms with van der Waals surface area (Å²) in [5.41, 5.74) is 2.91. The minimum atomic E-state index is 0.333. The molecule has 0 aromatic carbocycles. The molecule has 0 aromatic heterocycles. The zero-order chi connectivity index (χ0) is 11.0. The number of nitrogens with one attached hydrogen (secondary N) is 1. The predicted molar refractivity (Wildman–Crippen MR) is 60.9 cm³/mol. The Bertz CT molecular complexity index is 130. The Hall–Kier alpha value is -0.120. The van der Waals surface area contributed by atoms with Crippen molar-refractivity contribution in [1.82, 2.24) is 5.43 Å². The third-order valence-electron chi connectivity index (χ3n) is 2.93. The van der Waals surface area contributed by atoms with Crippen molar-refractivity contribution < 1.29 is 4.74 Å². The second-order valence-electron chi connectivity index (χ2n) is 4.16. The molecule has 3 heteroatoms. The molecule has 0 aliphatic rings. The molecule has 0 rings (SSSR count). The molecule has 3 unspecified atom stereocenters. The Labute approximate surface area is 88.4 Å². The van der Waals surface area contributed by atoms with E-state index in [1.807, 2.05) is 0 Å². The molecule has 3 nitrogen and oxygen atoms in total. The molecule has 0 saturated carbocycles. The van der Waals surface area contributed by atoms with Crippen molar-refractivity contribution >= 4 is 0 Å². The summed E-state index contributed by atoms with van der Waals surface area (Å²) >= 11 is 0. The van der Waals surface area contributed by atoms with Gasteiger partial charge in [0.2, 0.25) is 0 Å². The number of hydrogen-bond donors (Lipinski definition) is 2. The lowest BCUT2D eigenvalue weighted by Gasteiger charge is -2.23. The van der Waals surface area contributed by atoms with Crippen molar-refractivity contribution in [2.75, 3.05) is 7.11 Å². The topological polar surface area (TPSA) is 47.3 Å². The van der Waals surface area contributed by atoms with Gasteiger partial charge < -0.3 is 4.74 Å². The molecule has 3 N–H and O–H groups in total. The van der Waals surface area contributed by atoms with E-state index < -0.39 is 0 Å². The summed E-state index contributed by atoms with van der Waals surface area (Å²) < 4.78 is 5.22. The minimum absolute atomic E-state index is 0.333. The third kappa shape index (κ3) is 5.58. The number of methoxy groups -OCH3 is 1. The highest BCUT2D eigenvalue weighted by Crippen LogP contribution is 2.15. The molecule has 3 atom stereocenters. The van der Waals surface area contributed by atoms with E-state index in [9.17, 15) is 0 Å². The van der Waals surface area contributed by atoms with Crippen molar-refractivity contribution in [1.29, 1.82) is 0 Å². The van der Waals surface area contributed by atoms with Gasteiger partial charge in [0.15, 0.2) is 0 Å². The van der Waals surface area contributed by atoms with Gasteiger partial charge >= 0.3 is 0 Å². The largest absolute Gasteiger partial charge is 0.382 e. The SMILES string of the molecule is CCCC(C)C(CCC(C)OC)NN. The van der Waals surface area contributed by atoms with E-state index >= 15 is 0 Å². The quantitative estimate of drug-likeness (QED) is 0.468. The highest BCUT2D eigenvalue weighted by molar-refractivity contribution is 4.71. The highest BCUT2D eigenvalue weighted by Gasteiger charge is 2.15. The maximum absolute atomic E-state index is 5.54. The summed E-state index contributed by atoms with van der Waals surface area (Å²) in [6.07, 6.45) is 4.95. The fourth-order valence-corrected chi connectivity index (χ4v) is 1.72. The first-order valence-corrected chi connectivity index (χ1v) is 5.64. The molecule has 0 heterocycles. The van der Waals surface area contributed by atoms with Crippen LogP contribution in [0.3, 0.4) is 0 Å². The van der Waals surface area contributed by atoms with E-state index in [4.69, 9.17) is 10.6 Å². The zero-order valence-corrected chi connectivity index (χ0v) is 10.0. The predicted octanol–water partition coefficient (Wildman–Crippen LogP) is 2.07. The van der Waals surface area contributed by atoms with Crippen LogP contribution in [0.15, 0.2) is 0 Å². The first kappa shape index (κ1) is 13.9. The molecule has 0 saturated heterocycles. The molecule has 0 radical (unpaired) electrons. The van der Waals surface area contributed by atoms with E-state index in [2.05, 4.69) is 26.2 Å². The third-order valence-corrected chi connectivity index (χ3v) is 2.93. The van der Waals surface area contributed by atoms with E-state index in [1.165, 1.54) is 12.8 Å². The smallest absolute Gasteiger partial charge is 0.0543 e. The highest BCUT2D eigenvalue weighted by atomic mass is 16.5. The van der Waals surface area contributed by atoms with Crippen LogP contribution >= 0.6 is 0 Å². The van der Waals surface area contributed by atoms with Gasteiger partial charge in [-0.05, 0) is 32.1 Å². The van der Waals surface area contributed by atoms with Crippen LogP contribution in [0.1, 0.15) is 46.5 Å². The second-order valence-corrected chi connectivity index (χ2v) is 4.16. The molecule has 14 heavy (non-hydrogen) atoms. The molecule has 0 bridgehead atoms. The van der Waals surface area contributed by atoms with Gasteiger partial charge in [-0.2, -0.15) is 0 Å². The lowest BCUT2D eigenvalue weighted by molar-refractivity contribution is 0.103. The number of hydrogen-bond acceptors (Lipinski definition) is 3. The first-order chi connectivity index (χ1) is 6.65. The Kier molecular flexibility index (Phi) is 8.14. The van der Waals surface area contributed by atoms with Crippen LogP contribution in [-0.4, -0.2) is 19.3 Å². The van der Waals surface area contributed by atoms with Crippen molar-refractivity contribution in [3.05, 3.63) is 0 Å². The van der Waals surface area contributed by atoms with Crippen LogP contribution in [-0.2, 0) is 4.74 Å². The number of hydrazine groups is 1. The lowest BCUT2D eigenvalue weighted by Crippen LogP contribution is -2.40. The fraction of sp³-hybridized carbons (Fsp3) is 1.00. The molecule has 0 spiro atoms. The van der Waals surface area contributed by atoms with Crippen LogP contribution in [0.4, 0.5) is 0 Å². The normalized spacial score (nSPS) is 17.8. The number of nitrogens with two attached hydrogens (primary N) is 1. The van der Waals surface area contributed by atoms with Gasteiger partial charge in [-0.15, -0.1) is 0 Å². The molecule has 0 aliphatic heterocycles. The van der Waals surface area contributed by atoms with E-state index in [-0.39, 0.29) is 0 Å². The van der Waals surface area contributed by atoms with Gasteiger partial charge in [0.05, 0.1) is 6.10 Å². The molecule has 0 aromatic rings. The standard InChI is InChI=1S/C11H26N2O/c1-5-6-9(2)11(13-12)8-7-10(3)14-4/h9-11,13H,5-8,12H2,1-4H3. The van der Waals surface area contributed by atoms with Crippen LogP contribution in [0.2, 0.25) is 0 Å². The van der Waals surface area contributed by atoms with Gasteiger partial charge in [-0.25, -0.2) is 0 Å². The average Bonchev–Trinajstić information content (AvgIpc) is 2.18. The first-order valence-electron chi connectivity index (χ1n) is 5.64. The van der Waals surface area contributed by atoms with Gasteiger partial charge in [0.1, 0.15) is 0 Å². The Morgan fingerprint density at radius 1 is 1.21 bits per heavy atom. The van der Waals surface area contributed by atoms with Crippen LogP contribution in [0.5, 0.6) is 0 Å². The molecule has 0 fully saturated rings. The minimum Gasteiger partial charge on any atom is -0.382 e. The zero-order valence-electron chi connectivity index (χ0n) is 10.0. The lowest BCUT2D eigenvalue weighted by atomic mass is 9.93. The summed E-state index contributed by atoms with van der Waals surface area (Å²) in [6, 6.07) is 0.424. The Morgan fingerprint density at radius 3 is 2.29 bits per heavy atom. The van der Waals surface area contributed by atoms with Crippen molar-refractivity contribution in [3.63, 3.8) is 0 Å². The number of rotatable bonds is 8. The fourth-order valence-electron chi connectivity index (χ4n) is 1.72. The summed E-state index contributed by atoms with van der Waals surface area (Å²) in [5.74, 6) is 6.19. The van der Waals surface area contributed by atoms with E-state index in [1.54, 1.807) is 7.11 Å². The van der Waals surface area contributed by atoms with Gasteiger partial charge in [0, 0.05) is 13.2 Å². The van der Waals surface area contributed by atoms with Crippen molar-refractivity contribution in [2.45, 2.75) is 58.6 Å². The summed E-state index contributed by atoms with van der Waals surface area (Å²) in [7, 11) is 1.75. The summed E-state index contributed by atoms with van der Waals surface area (Å²) in [4.78, 5) is 0. The van der Waals surface area contributed by atoms with Crippen molar-refractivity contribution in [2.24, 2.45) is 11.8 Å². The Balaban J connectivity index is 3.77. The Morgan fingerprint density at radius 2 is 1.86 bits per heavy atom. The van der Waals surface area contributed by atoms with Gasteiger partial charge in [-0.3, -0.25) is 11.3 Å². The van der Waals surface area contributed by atoms with Gasteiger partial charge in [0.25, 0.3) is 0 Å². The maximum atomic E-state index is 5.54. The maximum Gasteiger partial charge on any atom is 0.0543 e. The van der Waals surface area contributed by atoms with Crippen LogP contribution in [0.25, 0.3) is 0 Å². The second kappa shape index (κ2) is 8.21. The molecular weight excluding hydrogens is 176 g/mol. The monoisotopic (exact) mass is 202 g/mol. The average molecular weight is 202 g/mol. The van der Waals surface area contributed by atoms with Crippen LogP contribution < -0.4 is 11.3 Å². The summed E-state index contributed by atoms with van der Waals surface area (Å²) in [6.45, 7) is 6.56. The van der Waals surface area contributed by atoms with Crippen molar-refractivity contribution in [3.8, 4) is 0 Å².